The van der Waals surface area contributed by atoms with Crippen molar-refractivity contribution in [2.45, 2.75) is 104 Å². The fraction of sp³-hybridized carbons (Fsp3) is 0.880. The fourth-order valence-corrected chi connectivity index (χ4v) is 4.54. The van der Waals surface area contributed by atoms with Gasteiger partial charge < -0.3 is 29.6 Å². The van der Waals surface area contributed by atoms with E-state index in [2.05, 4.69) is 10.6 Å². The highest BCUT2D eigenvalue weighted by Crippen LogP contribution is 2.41. The number of ether oxygens (including phenoxy) is 3. The zero-order chi connectivity index (χ0) is 25.3. The van der Waals surface area contributed by atoms with Gasteiger partial charge in [-0.2, -0.15) is 0 Å². The molecule has 3 unspecified atom stereocenters. The van der Waals surface area contributed by atoms with Crippen LogP contribution >= 0.6 is 0 Å². The Morgan fingerprint density at radius 3 is 2.03 bits per heavy atom. The minimum absolute atomic E-state index is 0.215. The molecule has 0 aromatic carbocycles. The van der Waals surface area contributed by atoms with Crippen molar-refractivity contribution in [3.05, 3.63) is 0 Å². The number of rotatable bonds is 10. The molecule has 192 valence electrons. The van der Waals surface area contributed by atoms with Crippen molar-refractivity contribution >= 4 is 18.5 Å². The van der Waals surface area contributed by atoms with Crippen LogP contribution in [0.1, 0.15) is 87.0 Å². The normalized spacial score (nSPS) is 21.9. The van der Waals surface area contributed by atoms with Crippen LogP contribution in [-0.4, -0.2) is 56.0 Å². The van der Waals surface area contributed by atoms with Crippen molar-refractivity contribution in [2.75, 3.05) is 20.3 Å². The second kappa shape index (κ2) is 12.6. The smallest absolute Gasteiger partial charge is 0.407 e. The van der Waals surface area contributed by atoms with Gasteiger partial charge in [0.2, 0.25) is 0 Å². The lowest BCUT2D eigenvalue weighted by molar-refractivity contribution is -0.123. The highest BCUT2D eigenvalue weighted by Gasteiger charge is 2.42. The average molecular weight is 471 g/mol. The Morgan fingerprint density at radius 1 is 0.970 bits per heavy atom. The van der Waals surface area contributed by atoms with Gasteiger partial charge in [0.15, 0.2) is 0 Å². The summed E-state index contributed by atoms with van der Waals surface area (Å²) in [6, 6.07) is -0.452. The number of alkyl carbamates (subject to hydrolysis) is 2. The molecular formula is C25H46N2O6. The number of methoxy groups -OCH3 is 1. The number of nitrogens with one attached hydrogen (secondary N) is 2. The van der Waals surface area contributed by atoms with Gasteiger partial charge >= 0.3 is 12.2 Å². The topological polar surface area (TPSA) is 103 Å². The van der Waals surface area contributed by atoms with Gasteiger partial charge in [0.25, 0.3) is 0 Å². The molecular weight excluding hydrogens is 424 g/mol. The lowest BCUT2D eigenvalue weighted by Gasteiger charge is -2.41. The Bertz CT molecular complexity index is 640. The largest absolute Gasteiger partial charge is 0.444 e. The molecule has 0 saturated heterocycles. The Balaban J connectivity index is 2.83. The second-order valence-corrected chi connectivity index (χ2v) is 11.4. The van der Waals surface area contributed by atoms with Crippen LogP contribution in [0.5, 0.6) is 0 Å². The summed E-state index contributed by atoms with van der Waals surface area (Å²) >= 11 is 0. The number of carbonyl (C=O) groups excluding carboxylic acids is 3. The van der Waals surface area contributed by atoms with Crippen molar-refractivity contribution in [3.63, 3.8) is 0 Å². The van der Waals surface area contributed by atoms with E-state index in [1.54, 1.807) is 27.9 Å². The molecule has 4 atom stereocenters. The SMILES string of the molecule is COCC(C=O)(CC1CCCCC1CCNC(=O)OC(C)(C)C)[C@@H](C)NC(=O)OC(C)(C)C. The van der Waals surface area contributed by atoms with E-state index < -0.39 is 34.8 Å². The van der Waals surface area contributed by atoms with Crippen LogP contribution in [0.4, 0.5) is 9.59 Å². The molecule has 1 aliphatic rings. The minimum atomic E-state index is -0.857. The van der Waals surface area contributed by atoms with Gasteiger partial charge in [0.1, 0.15) is 17.5 Å². The molecule has 0 radical (unpaired) electrons. The van der Waals surface area contributed by atoms with Gasteiger partial charge in [-0.3, -0.25) is 0 Å². The number of aldehydes is 1. The monoisotopic (exact) mass is 470 g/mol. The van der Waals surface area contributed by atoms with Crippen LogP contribution in [0.2, 0.25) is 0 Å². The predicted molar refractivity (Wildman–Crippen MR) is 128 cm³/mol. The Labute approximate surface area is 199 Å². The summed E-state index contributed by atoms with van der Waals surface area (Å²) in [4.78, 5) is 36.7. The van der Waals surface area contributed by atoms with Gasteiger partial charge in [0, 0.05) is 19.7 Å². The van der Waals surface area contributed by atoms with Gasteiger partial charge in [0.05, 0.1) is 12.0 Å². The minimum Gasteiger partial charge on any atom is -0.444 e. The lowest BCUT2D eigenvalue weighted by atomic mass is 9.67. The van der Waals surface area contributed by atoms with E-state index in [1.165, 1.54) is 0 Å². The van der Waals surface area contributed by atoms with Gasteiger partial charge in [-0.15, -0.1) is 0 Å². The molecule has 33 heavy (non-hydrogen) atoms. The van der Waals surface area contributed by atoms with Crippen molar-refractivity contribution in [2.24, 2.45) is 17.3 Å². The summed E-state index contributed by atoms with van der Waals surface area (Å²) < 4.78 is 16.2. The summed E-state index contributed by atoms with van der Waals surface area (Å²) in [6.45, 7) is 13.5. The molecule has 1 aliphatic carbocycles. The van der Waals surface area contributed by atoms with Gasteiger partial charge in [-0.05, 0) is 73.1 Å². The predicted octanol–water partition coefficient (Wildman–Crippen LogP) is 4.84. The van der Waals surface area contributed by atoms with Gasteiger partial charge in [-0.25, -0.2) is 9.59 Å². The Morgan fingerprint density at radius 2 is 1.52 bits per heavy atom. The van der Waals surface area contributed by atoms with Crippen LogP contribution < -0.4 is 10.6 Å². The maximum absolute atomic E-state index is 12.4. The molecule has 0 heterocycles. The third-order valence-corrected chi connectivity index (χ3v) is 6.14. The van der Waals surface area contributed by atoms with Crippen LogP contribution in [-0.2, 0) is 19.0 Å². The summed E-state index contributed by atoms with van der Waals surface area (Å²) in [5.41, 5.74) is -2.01. The standard InChI is InChI=1S/C25H46N2O6/c1-18(27-22(30)33-24(5,6)7)25(16-28,17-31-8)15-20-12-10-9-11-19(20)13-14-26-21(29)32-23(2,3)4/h16,18-20H,9-15,17H2,1-8H3,(H,26,29)(H,27,30)/t18-,19?,20?,25?/m1/s1. The summed E-state index contributed by atoms with van der Waals surface area (Å²) in [5.74, 6) is 0.668. The zero-order valence-corrected chi connectivity index (χ0v) is 21.9. The number of carbonyl (C=O) groups is 3. The molecule has 0 aliphatic heterocycles. The van der Waals surface area contributed by atoms with E-state index in [0.29, 0.717) is 24.8 Å². The molecule has 1 saturated carbocycles. The summed E-state index contributed by atoms with van der Waals surface area (Å²) in [7, 11) is 1.57. The van der Waals surface area contributed by atoms with E-state index in [1.807, 2.05) is 27.7 Å². The molecule has 1 fully saturated rings. The van der Waals surface area contributed by atoms with E-state index in [4.69, 9.17) is 14.2 Å². The first-order valence-corrected chi connectivity index (χ1v) is 12.1. The third-order valence-electron chi connectivity index (χ3n) is 6.14. The van der Waals surface area contributed by atoms with Crippen LogP contribution in [0.25, 0.3) is 0 Å². The molecule has 2 N–H and O–H groups in total. The first-order chi connectivity index (χ1) is 15.2. The van der Waals surface area contributed by atoms with E-state index in [0.717, 1.165) is 38.4 Å². The first kappa shape index (κ1) is 29.2. The van der Waals surface area contributed by atoms with E-state index in [-0.39, 0.29) is 6.61 Å². The molecule has 0 spiro atoms. The van der Waals surface area contributed by atoms with Crippen LogP contribution in [0, 0.1) is 17.3 Å². The summed E-state index contributed by atoms with van der Waals surface area (Å²) in [6.07, 6.45) is 5.72. The van der Waals surface area contributed by atoms with Crippen molar-refractivity contribution < 1.29 is 28.6 Å². The summed E-state index contributed by atoms with van der Waals surface area (Å²) in [5, 5.41) is 5.70. The third kappa shape index (κ3) is 10.8. The molecule has 8 heteroatoms. The molecule has 2 amide bonds. The fourth-order valence-electron chi connectivity index (χ4n) is 4.54. The van der Waals surface area contributed by atoms with E-state index in [9.17, 15) is 14.4 Å². The number of hydrogen-bond acceptors (Lipinski definition) is 6. The molecule has 8 nitrogen and oxygen atoms in total. The van der Waals surface area contributed by atoms with Crippen LogP contribution in [0.15, 0.2) is 0 Å². The molecule has 1 rings (SSSR count). The lowest BCUT2D eigenvalue weighted by Crippen LogP contribution is -2.52. The highest BCUT2D eigenvalue weighted by molar-refractivity contribution is 5.70. The maximum Gasteiger partial charge on any atom is 0.407 e. The number of hydrogen-bond donors (Lipinski definition) is 2. The number of amides is 2. The molecule has 0 aromatic heterocycles. The van der Waals surface area contributed by atoms with Crippen molar-refractivity contribution in [1.29, 1.82) is 0 Å². The average Bonchev–Trinajstić information content (AvgIpc) is 2.65. The quantitative estimate of drug-likeness (QED) is 0.443. The van der Waals surface area contributed by atoms with Crippen LogP contribution in [0.3, 0.4) is 0 Å². The first-order valence-electron chi connectivity index (χ1n) is 12.1. The Kier molecular flexibility index (Phi) is 11.1. The second-order valence-electron chi connectivity index (χ2n) is 11.4. The van der Waals surface area contributed by atoms with Crippen molar-refractivity contribution in [3.8, 4) is 0 Å². The molecule has 0 bridgehead atoms. The zero-order valence-electron chi connectivity index (χ0n) is 21.9. The Hall–Kier alpha value is -1.83. The highest BCUT2D eigenvalue weighted by atomic mass is 16.6. The molecule has 0 aromatic rings. The van der Waals surface area contributed by atoms with Gasteiger partial charge in [-0.1, -0.05) is 25.7 Å². The van der Waals surface area contributed by atoms with E-state index >= 15 is 0 Å². The maximum atomic E-state index is 12.4. The van der Waals surface area contributed by atoms with Crippen molar-refractivity contribution in [1.82, 2.24) is 10.6 Å².